The van der Waals surface area contributed by atoms with E-state index < -0.39 is 0 Å². The van der Waals surface area contributed by atoms with Crippen molar-refractivity contribution < 1.29 is 4.74 Å². The number of nitrogen functional groups attached to an aromatic ring is 1. The first kappa shape index (κ1) is 13.4. The predicted molar refractivity (Wildman–Crippen MR) is 78.4 cm³/mol. The first-order valence-corrected chi connectivity index (χ1v) is 7.56. The second-order valence-corrected chi connectivity index (χ2v) is 6.56. The summed E-state index contributed by atoms with van der Waals surface area (Å²) in [5.41, 5.74) is 7.74. The fourth-order valence-corrected chi connectivity index (χ4v) is 3.99. The van der Waals surface area contributed by atoms with Gasteiger partial charge in [-0.15, -0.1) is 0 Å². The van der Waals surface area contributed by atoms with Gasteiger partial charge in [0, 0.05) is 27.7 Å². The van der Waals surface area contributed by atoms with Crippen LogP contribution in [0.1, 0.15) is 31.2 Å². The van der Waals surface area contributed by atoms with Crippen LogP contribution >= 0.6 is 31.9 Å². The zero-order chi connectivity index (χ0) is 12.5. The Balaban J connectivity index is 2.49. The molecule has 1 aromatic rings. The van der Waals surface area contributed by atoms with Crippen molar-refractivity contribution >= 4 is 37.5 Å². The molecule has 0 amide bonds. The van der Waals surface area contributed by atoms with Crippen LogP contribution in [0.5, 0.6) is 0 Å². The third-order valence-corrected chi connectivity index (χ3v) is 5.29. The van der Waals surface area contributed by atoms with Gasteiger partial charge >= 0.3 is 0 Å². The Labute approximate surface area is 119 Å². The molecule has 4 heteroatoms. The molecule has 0 aromatic heterocycles. The highest BCUT2D eigenvalue weighted by Gasteiger charge is 2.42. The number of hydrogen-bond donors (Lipinski definition) is 1. The summed E-state index contributed by atoms with van der Waals surface area (Å²) in [6.45, 7) is 0. The first-order valence-electron chi connectivity index (χ1n) is 5.85. The Hall–Kier alpha value is -0.0600. The van der Waals surface area contributed by atoms with Crippen LogP contribution in [-0.2, 0) is 10.3 Å². The number of nitrogens with two attached hydrogens (primary N) is 1. The molecule has 94 valence electrons. The van der Waals surface area contributed by atoms with Gasteiger partial charge in [0.05, 0.1) is 0 Å². The van der Waals surface area contributed by atoms with E-state index in [9.17, 15) is 0 Å². The van der Waals surface area contributed by atoms with Crippen molar-refractivity contribution in [1.82, 2.24) is 0 Å². The lowest BCUT2D eigenvalue weighted by atomic mass is 9.78. The average molecular weight is 363 g/mol. The van der Waals surface area contributed by atoms with Crippen molar-refractivity contribution in [1.29, 1.82) is 0 Å². The summed E-state index contributed by atoms with van der Waals surface area (Å²) in [7, 11) is 1.78. The van der Waals surface area contributed by atoms with Crippen LogP contribution in [0.3, 0.4) is 0 Å². The highest BCUT2D eigenvalue weighted by molar-refractivity contribution is 9.10. The third kappa shape index (κ3) is 2.40. The van der Waals surface area contributed by atoms with Gasteiger partial charge in [-0.2, -0.15) is 0 Å². The number of anilines is 1. The third-order valence-electron chi connectivity index (χ3n) is 3.60. The predicted octanol–water partition coefficient (Wildman–Crippen LogP) is 4.21. The molecule has 1 aliphatic rings. The van der Waals surface area contributed by atoms with Crippen LogP contribution in [-0.4, -0.2) is 11.9 Å². The smallest absolute Gasteiger partial charge is 0.107 e. The fourth-order valence-electron chi connectivity index (χ4n) is 2.64. The lowest BCUT2D eigenvalue weighted by molar-refractivity contribution is -0.0364. The summed E-state index contributed by atoms with van der Waals surface area (Å²) in [4.78, 5) is 0.324. The van der Waals surface area contributed by atoms with Crippen LogP contribution in [0.4, 0.5) is 5.69 Å². The van der Waals surface area contributed by atoms with Gasteiger partial charge in [-0.25, -0.2) is 0 Å². The maximum atomic E-state index is 6.12. The molecule has 2 rings (SSSR count). The molecule has 1 aromatic carbocycles. The highest BCUT2D eigenvalue weighted by Crippen LogP contribution is 2.46. The van der Waals surface area contributed by atoms with E-state index in [2.05, 4.69) is 37.9 Å². The largest absolute Gasteiger partial charge is 0.398 e. The Bertz CT molecular complexity index is 410. The SMILES string of the molecule is COC1(c2cc(Br)ccc2N)CCCCC1Br. The van der Waals surface area contributed by atoms with Gasteiger partial charge in [-0.1, -0.05) is 44.7 Å². The second-order valence-electron chi connectivity index (χ2n) is 4.54. The lowest BCUT2D eigenvalue weighted by Gasteiger charge is -2.41. The van der Waals surface area contributed by atoms with Crippen molar-refractivity contribution in [3.63, 3.8) is 0 Å². The number of methoxy groups -OCH3 is 1. The maximum absolute atomic E-state index is 6.12. The van der Waals surface area contributed by atoms with E-state index in [1.807, 2.05) is 12.1 Å². The molecule has 2 nitrogen and oxygen atoms in total. The zero-order valence-corrected chi connectivity index (χ0v) is 13.1. The molecule has 0 saturated heterocycles. The van der Waals surface area contributed by atoms with Crippen LogP contribution in [0.2, 0.25) is 0 Å². The molecule has 1 fully saturated rings. The molecule has 17 heavy (non-hydrogen) atoms. The van der Waals surface area contributed by atoms with E-state index in [4.69, 9.17) is 10.5 Å². The summed E-state index contributed by atoms with van der Waals surface area (Å²) in [5.74, 6) is 0. The van der Waals surface area contributed by atoms with E-state index in [0.29, 0.717) is 4.83 Å². The molecular weight excluding hydrogens is 346 g/mol. The van der Waals surface area contributed by atoms with Crippen LogP contribution in [0, 0.1) is 0 Å². The molecule has 0 heterocycles. The average Bonchev–Trinajstić information content (AvgIpc) is 2.33. The Morgan fingerprint density at radius 1 is 1.41 bits per heavy atom. The summed E-state index contributed by atoms with van der Waals surface area (Å²) < 4.78 is 6.91. The number of alkyl halides is 1. The van der Waals surface area contributed by atoms with Gasteiger partial charge in [0.2, 0.25) is 0 Å². The molecule has 2 unspecified atom stereocenters. The molecule has 2 atom stereocenters. The van der Waals surface area contributed by atoms with Gasteiger partial charge in [0.15, 0.2) is 0 Å². The normalized spacial score (nSPS) is 29.2. The minimum Gasteiger partial charge on any atom is -0.398 e. The van der Waals surface area contributed by atoms with Crippen molar-refractivity contribution in [2.24, 2.45) is 0 Å². The van der Waals surface area contributed by atoms with E-state index in [1.165, 1.54) is 12.8 Å². The standard InChI is InChI=1S/C13H17Br2NO/c1-17-13(7-3-2-4-12(13)15)10-8-9(14)5-6-11(10)16/h5-6,8,12H,2-4,7,16H2,1H3. The van der Waals surface area contributed by atoms with E-state index in [1.54, 1.807) is 7.11 Å². The number of hydrogen-bond acceptors (Lipinski definition) is 2. The van der Waals surface area contributed by atoms with Gasteiger partial charge in [0.1, 0.15) is 5.60 Å². The topological polar surface area (TPSA) is 35.2 Å². The quantitative estimate of drug-likeness (QED) is 0.631. The molecule has 1 saturated carbocycles. The van der Waals surface area contributed by atoms with Gasteiger partial charge in [-0.3, -0.25) is 0 Å². The number of halogens is 2. The van der Waals surface area contributed by atoms with Crippen molar-refractivity contribution in [2.45, 2.75) is 36.1 Å². The molecule has 0 spiro atoms. The van der Waals surface area contributed by atoms with Gasteiger partial charge in [-0.05, 0) is 31.0 Å². The first-order chi connectivity index (χ1) is 8.10. The molecule has 0 bridgehead atoms. The zero-order valence-electron chi connectivity index (χ0n) is 9.88. The number of benzene rings is 1. The number of ether oxygens (including phenoxy) is 1. The lowest BCUT2D eigenvalue weighted by Crippen LogP contribution is -2.41. The van der Waals surface area contributed by atoms with Gasteiger partial charge < -0.3 is 10.5 Å². The summed E-state index contributed by atoms with van der Waals surface area (Å²) in [5, 5.41) is 0. The van der Waals surface area contributed by atoms with E-state index in [-0.39, 0.29) is 5.60 Å². The Morgan fingerprint density at radius 2 is 2.18 bits per heavy atom. The summed E-state index contributed by atoms with van der Waals surface area (Å²) in [6.07, 6.45) is 4.57. The molecule has 0 radical (unpaired) electrons. The summed E-state index contributed by atoms with van der Waals surface area (Å²) >= 11 is 7.28. The van der Waals surface area contributed by atoms with Crippen LogP contribution < -0.4 is 5.73 Å². The molecule has 0 aliphatic heterocycles. The minimum atomic E-state index is -0.286. The van der Waals surface area contributed by atoms with Crippen molar-refractivity contribution in [2.75, 3.05) is 12.8 Å². The minimum absolute atomic E-state index is 0.286. The van der Waals surface area contributed by atoms with Crippen LogP contribution in [0.25, 0.3) is 0 Å². The Morgan fingerprint density at radius 3 is 2.82 bits per heavy atom. The highest BCUT2D eigenvalue weighted by atomic mass is 79.9. The van der Waals surface area contributed by atoms with Crippen molar-refractivity contribution in [3.8, 4) is 0 Å². The van der Waals surface area contributed by atoms with Gasteiger partial charge in [0.25, 0.3) is 0 Å². The van der Waals surface area contributed by atoms with Crippen LogP contribution in [0.15, 0.2) is 22.7 Å². The fraction of sp³-hybridized carbons (Fsp3) is 0.538. The summed E-state index contributed by atoms with van der Waals surface area (Å²) in [6, 6.07) is 5.99. The maximum Gasteiger partial charge on any atom is 0.107 e. The van der Waals surface area contributed by atoms with E-state index in [0.717, 1.165) is 28.6 Å². The molecule has 2 N–H and O–H groups in total. The second kappa shape index (κ2) is 5.29. The Kier molecular flexibility index (Phi) is 4.16. The molecular formula is C13H17Br2NO. The number of rotatable bonds is 2. The van der Waals surface area contributed by atoms with E-state index >= 15 is 0 Å². The van der Waals surface area contributed by atoms with Crippen molar-refractivity contribution in [3.05, 3.63) is 28.2 Å². The molecule has 1 aliphatic carbocycles. The monoisotopic (exact) mass is 361 g/mol.